The average Bonchev–Trinajstić information content (AvgIpc) is 2.32. The minimum Gasteiger partial charge on any atom is -0.369 e. The van der Waals surface area contributed by atoms with Crippen molar-refractivity contribution in [3.8, 4) is 11.4 Å². The molecular formula is C11H12N4. The van der Waals surface area contributed by atoms with Crippen molar-refractivity contribution in [3.05, 3.63) is 36.5 Å². The average molecular weight is 200 g/mol. The molecule has 0 unspecified atom stereocenters. The minimum atomic E-state index is 0.789. The highest BCUT2D eigenvalue weighted by Crippen LogP contribution is 2.13. The molecule has 0 radical (unpaired) electrons. The van der Waals surface area contributed by atoms with Gasteiger partial charge in [-0.05, 0) is 31.2 Å². The third-order valence-corrected chi connectivity index (χ3v) is 1.95. The van der Waals surface area contributed by atoms with Crippen LogP contribution in [0.4, 0.5) is 5.82 Å². The molecule has 0 saturated heterocycles. The molecule has 0 aromatic carbocycles. The van der Waals surface area contributed by atoms with E-state index in [1.54, 1.807) is 6.20 Å². The Morgan fingerprint density at radius 3 is 2.60 bits per heavy atom. The number of hydrogen-bond donors (Lipinski definition) is 1. The summed E-state index contributed by atoms with van der Waals surface area (Å²) >= 11 is 0. The van der Waals surface area contributed by atoms with Crippen LogP contribution in [0.5, 0.6) is 0 Å². The molecule has 2 aromatic heterocycles. The van der Waals surface area contributed by atoms with Crippen molar-refractivity contribution in [3.63, 3.8) is 0 Å². The summed E-state index contributed by atoms with van der Waals surface area (Å²) in [6, 6.07) is 9.54. The molecule has 2 heterocycles. The van der Waals surface area contributed by atoms with Gasteiger partial charge in [0.15, 0.2) is 0 Å². The van der Waals surface area contributed by atoms with Gasteiger partial charge in [0.05, 0.1) is 5.69 Å². The number of nitrogens with zero attached hydrogens (tertiary/aromatic N) is 3. The summed E-state index contributed by atoms with van der Waals surface area (Å²) in [7, 11) is 0. The molecule has 76 valence electrons. The first-order chi connectivity index (χ1) is 7.40. The lowest BCUT2D eigenvalue weighted by Crippen LogP contribution is -2.00. The van der Waals surface area contributed by atoms with Crippen molar-refractivity contribution in [1.82, 2.24) is 15.2 Å². The summed E-state index contributed by atoms with van der Waals surface area (Å²) < 4.78 is 0. The van der Waals surface area contributed by atoms with Gasteiger partial charge in [0.25, 0.3) is 0 Å². The summed E-state index contributed by atoms with van der Waals surface area (Å²) in [5.74, 6) is 0.789. The van der Waals surface area contributed by atoms with Crippen molar-refractivity contribution in [1.29, 1.82) is 0 Å². The number of nitrogens with one attached hydrogen (secondary N) is 1. The van der Waals surface area contributed by atoms with Crippen LogP contribution >= 0.6 is 0 Å². The van der Waals surface area contributed by atoms with Crippen LogP contribution in [0.2, 0.25) is 0 Å². The SMILES string of the molecule is CCNc1ccc(-c2ccccn2)nn1. The molecule has 0 fully saturated rings. The van der Waals surface area contributed by atoms with Crippen LogP contribution in [0.1, 0.15) is 6.92 Å². The molecule has 0 bridgehead atoms. The molecule has 2 aromatic rings. The summed E-state index contributed by atoms with van der Waals surface area (Å²) in [4.78, 5) is 4.20. The second-order valence-electron chi connectivity index (χ2n) is 3.05. The predicted molar refractivity (Wildman–Crippen MR) is 59.4 cm³/mol. The second-order valence-corrected chi connectivity index (χ2v) is 3.05. The highest BCUT2D eigenvalue weighted by Gasteiger charge is 2.00. The Kier molecular flexibility index (Phi) is 2.88. The zero-order chi connectivity index (χ0) is 10.5. The van der Waals surface area contributed by atoms with E-state index in [1.807, 2.05) is 37.3 Å². The predicted octanol–water partition coefficient (Wildman–Crippen LogP) is 1.97. The van der Waals surface area contributed by atoms with Crippen LogP contribution < -0.4 is 5.32 Å². The smallest absolute Gasteiger partial charge is 0.148 e. The van der Waals surface area contributed by atoms with Crippen molar-refractivity contribution < 1.29 is 0 Å². The standard InChI is InChI=1S/C11H12N4/c1-2-12-11-7-6-10(14-15-11)9-5-3-4-8-13-9/h3-8H,2H2,1H3,(H,12,15). The van der Waals surface area contributed by atoms with E-state index in [0.29, 0.717) is 0 Å². The molecule has 0 aliphatic heterocycles. The van der Waals surface area contributed by atoms with Gasteiger partial charge in [-0.1, -0.05) is 6.07 Å². The normalized spacial score (nSPS) is 9.93. The number of rotatable bonds is 3. The third kappa shape index (κ3) is 2.28. The molecule has 0 aliphatic carbocycles. The van der Waals surface area contributed by atoms with Gasteiger partial charge in [-0.2, -0.15) is 0 Å². The van der Waals surface area contributed by atoms with Gasteiger partial charge in [-0.3, -0.25) is 4.98 Å². The van der Waals surface area contributed by atoms with Crippen molar-refractivity contribution in [2.75, 3.05) is 11.9 Å². The lowest BCUT2D eigenvalue weighted by molar-refractivity contribution is 1.01. The lowest BCUT2D eigenvalue weighted by Gasteiger charge is -2.01. The third-order valence-electron chi connectivity index (χ3n) is 1.95. The molecule has 0 atom stereocenters. The van der Waals surface area contributed by atoms with Crippen molar-refractivity contribution in [2.24, 2.45) is 0 Å². The Morgan fingerprint density at radius 2 is 2.00 bits per heavy atom. The molecule has 0 saturated carbocycles. The maximum absolute atomic E-state index is 4.20. The zero-order valence-corrected chi connectivity index (χ0v) is 8.51. The van der Waals surface area contributed by atoms with Crippen LogP contribution in [-0.2, 0) is 0 Å². The van der Waals surface area contributed by atoms with Crippen molar-refractivity contribution >= 4 is 5.82 Å². The molecule has 2 rings (SSSR count). The van der Waals surface area contributed by atoms with Gasteiger partial charge in [-0.25, -0.2) is 0 Å². The number of aromatic nitrogens is 3. The Morgan fingerprint density at radius 1 is 1.07 bits per heavy atom. The van der Waals surface area contributed by atoms with Crippen LogP contribution in [0, 0.1) is 0 Å². The van der Waals surface area contributed by atoms with Gasteiger partial charge in [0, 0.05) is 12.7 Å². The molecular weight excluding hydrogens is 188 g/mol. The van der Waals surface area contributed by atoms with E-state index in [9.17, 15) is 0 Å². The van der Waals surface area contributed by atoms with E-state index in [0.717, 1.165) is 23.8 Å². The summed E-state index contributed by atoms with van der Waals surface area (Å²) in [6.07, 6.45) is 1.75. The molecule has 0 spiro atoms. The summed E-state index contributed by atoms with van der Waals surface area (Å²) in [5, 5.41) is 11.2. The minimum absolute atomic E-state index is 0.789. The summed E-state index contributed by atoms with van der Waals surface area (Å²) in [5.41, 5.74) is 1.63. The highest BCUT2D eigenvalue weighted by atomic mass is 15.2. The van der Waals surface area contributed by atoms with E-state index in [-0.39, 0.29) is 0 Å². The number of hydrogen-bond acceptors (Lipinski definition) is 4. The molecule has 0 amide bonds. The fraction of sp³-hybridized carbons (Fsp3) is 0.182. The molecule has 4 heteroatoms. The Hall–Kier alpha value is -1.97. The molecule has 0 aliphatic rings. The largest absolute Gasteiger partial charge is 0.369 e. The van der Waals surface area contributed by atoms with Gasteiger partial charge in [0.2, 0.25) is 0 Å². The maximum Gasteiger partial charge on any atom is 0.148 e. The van der Waals surface area contributed by atoms with Crippen LogP contribution in [0.25, 0.3) is 11.4 Å². The fourth-order valence-electron chi connectivity index (χ4n) is 1.26. The fourth-order valence-corrected chi connectivity index (χ4v) is 1.26. The maximum atomic E-state index is 4.20. The van der Waals surface area contributed by atoms with E-state index in [2.05, 4.69) is 20.5 Å². The van der Waals surface area contributed by atoms with E-state index >= 15 is 0 Å². The molecule has 4 nitrogen and oxygen atoms in total. The van der Waals surface area contributed by atoms with Gasteiger partial charge >= 0.3 is 0 Å². The van der Waals surface area contributed by atoms with E-state index < -0.39 is 0 Å². The van der Waals surface area contributed by atoms with Crippen molar-refractivity contribution in [2.45, 2.75) is 6.92 Å². The first-order valence-corrected chi connectivity index (χ1v) is 4.89. The van der Waals surface area contributed by atoms with Crippen LogP contribution in [0.15, 0.2) is 36.5 Å². The first-order valence-electron chi connectivity index (χ1n) is 4.89. The van der Waals surface area contributed by atoms with E-state index in [4.69, 9.17) is 0 Å². The number of pyridine rings is 1. The molecule has 1 N–H and O–H groups in total. The Balaban J connectivity index is 2.24. The first kappa shape index (κ1) is 9.58. The quantitative estimate of drug-likeness (QED) is 0.823. The Labute approximate surface area is 88.4 Å². The monoisotopic (exact) mass is 200 g/mol. The second kappa shape index (κ2) is 4.50. The zero-order valence-electron chi connectivity index (χ0n) is 8.51. The Bertz CT molecular complexity index is 410. The lowest BCUT2D eigenvalue weighted by atomic mass is 10.2. The van der Waals surface area contributed by atoms with Crippen LogP contribution in [0.3, 0.4) is 0 Å². The van der Waals surface area contributed by atoms with Gasteiger partial charge in [0.1, 0.15) is 11.5 Å². The van der Waals surface area contributed by atoms with Gasteiger partial charge in [-0.15, -0.1) is 10.2 Å². The highest BCUT2D eigenvalue weighted by molar-refractivity contribution is 5.54. The van der Waals surface area contributed by atoms with Gasteiger partial charge < -0.3 is 5.32 Å². The van der Waals surface area contributed by atoms with Crippen LogP contribution in [-0.4, -0.2) is 21.7 Å². The van der Waals surface area contributed by atoms with E-state index in [1.165, 1.54) is 0 Å². The topological polar surface area (TPSA) is 50.7 Å². The summed E-state index contributed by atoms with van der Waals surface area (Å²) in [6.45, 7) is 2.87. The molecule has 15 heavy (non-hydrogen) atoms. The number of anilines is 1.